The zero-order chi connectivity index (χ0) is 16.9. The van der Waals surface area contributed by atoms with Gasteiger partial charge in [-0.3, -0.25) is 9.59 Å². The highest BCUT2D eigenvalue weighted by atomic mass is 32.2. The van der Waals surface area contributed by atoms with Gasteiger partial charge in [0.15, 0.2) is 11.5 Å². The largest absolute Gasteiger partial charge is 0.454 e. The first kappa shape index (κ1) is 17.0. The summed E-state index contributed by atoms with van der Waals surface area (Å²) < 4.78 is 10.6. The highest BCUT2D eigenvalue weighted by Crippen LogP contribution is 2.34. The van der Waals surface area contributed by atoms with E-state index in [9.17, 15) is 9.59 Å². The Kier molecular flexibility index (Phi) is 5.50. The van der Waals surface area contributed by atoms with E-state index in [1.807, 2.05) is 17.2 Å². The number of carbonyl (C=O) groups excluding carboxylic acids is 2. The summed E-state index contributed by atoms with van der Waals surface area (Å²) in [5, 5.41) is 2.94. The van der Waals surface area contributed by atoms with Gasteiger partial charge in [-0.1, -0.05) is 0 Å². The number of anilines is 1. The van der Waals surface area contributed by atoms with Crippen molar-refractivity contribution in [2.24, 2.45) is 5.92 Å². The summed E-state index contributed by atoms with van der Waals surface area (Å²) in [7, 11) is 0. The third-order valence-electron chi connectivity index (χ3n) is 4.38. The first-order valence-electron chi connectivity index (χ1n) is 8.14. The van der Waals surface area contributed by atoms with Crippen molar-refractivity contribution in [3.05, 3.63) is 18.2 Å². The number of piperidine rings is 1. The van der Waals surface area contributed by atoms with Crippen molar-refractivity contribution in [3.63, 3.8) is 0 Å². The van der Waals surface area contributed by atoms with Crippen molar-refractivity contribution >= 4 is 29.3 Å². The second kappa shape index (κ2) is 7.79. The Balaban J connectivity index is 1.49. The van der Waals surface area contributed by atoms with Gasteiger partial charge in [0.2, 0.25) is 18.6 Å². The summed E-state index contributed by atoms with van der Waals surface area (Å²) in [5.74, 6) is 2.35. The van der Waals surface area contributed by atoms with Gasteiger partial charge in [-0.05, 0) is 31.2 Å². The lowest BCUT2D eigenvalue weighted by Crippen LogP contribution is -2.41. The molecule has 2 amide bonds. The molecule has 2 aliphatic heterocycles. The maximum Gasteiger partial charge on any atom is 0.231 e. The van der Waals surface area contributed by atoms with Crippen LogP contribution in [0.3, 0.4) is 0 Å². The number of benzene rings is 1. The summed E-state index contributed by atoms with van der Waals surface area (Å²) >= 11 is 1.68. The molecule has 0 aromatic heterocycles. The minimum atomic E-state index is -0.0555. The third-order valence-corrected chi connectivity index (χ3v) is 4.99. The lowest BCUT2D eigenvalue weighted by atomic mass is 9.95. The summed E-state index contributed by atoms with van der Waals surface area (Å²) in [5.41, 5.74) is 0.711. The Labute approximate surface area is 145 Å². The van der Waals surface area contributed by atoms with Crippen molar-refractivity contribution in [2.45, 2.75) is 19.3 Å². The molecule has 0 radical (unpaired) electrons. The van der Waals surface area contributed by atoms with Crippen molar-refractivity contribution < 1.29 is 19.1 Å². The Morgan fingerprint density at radius 3 is 2.75 bits per heavy atom. The van der Waals surface area contributed by atoms with E-state index in [0.29, 0.717) is 49.5 Å². The molecule has 130 valence electrons. The molecule has 6 nitrogen and oxygen atoms in total. The second-order valence-electron chi connectivity index (χ2n) is 5.96. The van der Waals surface area contributed by atoms with E-state index in [1.54, 1.807) is 23.9 Å². The summed E-state index contributed by atoms with van der Waals surface area (Å²) in [6.45, 7) is 1.54. The van der Waals surface area contributed by atoms with Crippen LogP contribution in [0.25, 0.3) is 0 Å². The van der Waals surface area contributed by atoms with E-state index in [1.165, 1.54) is 0 Å². The molecule has 2 heterocycles. The fourth-order valence-electron chi connectivity index (χ4n) is 2.96. The fraction of sp³-hybridized carbons (Fsp3) is 0.529. The van der Waals surface area contributed by atoms with Crippen LogP contribution in [0, 0.1) is 5.92 Å². The molecule has 1 aromatic rings. The number of carbonyl (C=O) groups is 2. The summed E-state index contributed by atoms with van der Waals surface area (Å²) in [4.78, 5) is 26.3. The first-order chi connectivity index (χ1) is 11.7. The predicted molar refractivity (Wildman–Crippen MR) is 93.5 cm³/mol. The van der Waals surface area contributed by atoms with Crippen LogP contribution in [0.15, 0.2) is 18.2 Å². The van der Waals surface area contributed by atoms with E-state index >= 15 is 0 Å². The number of fused-ring (bicyclic) bond motifs is 1. The summed E-state index contributed by atoms with van der Waals surface area (Å²) in [6, 6.07) is 5.39. The van der Waals surface area contributed by atoms with Crippen molar-refractivity contribution in [1.82, 2.24) is 4.90 Å². The molecule has 1 saturated heterocycles. The number of amides is 2. The highest BCUT2D eigenvalue weighted by Gasteiger charge is 2.27. The Morgan fingerprint density at radius 2 is 2.00 bits per heavy atom. The van der Waals surface area contributed by atoms with Crippen LogP contribution in [-0.4, -0.2) is 48.6 Å². The molecule has 24 heavy (non-hydrogen) atoms. The number of rotatable bonds is 5. The van der Waals surface area contributed by atoms with E-state index < -0.39 is 0 Å². The second-order valence-corrected chi connectivity index (χ2v) is 6.94. The smallest absolute Gasteiger partial charge is 0.231 e. The van der Waals surface area contributed by atoms with Gasteiger partial charge in [0.1, 0.15) is 0 Å². The molecule has 0 unspecified atom stereocenters. The average Bonchev–Trinajstić information content (AvgIpc) is 3.07. The Morgan fingerprint density at radius 1 is 1.25 bits per heavy atom. The van der Waals surface area contributed by atoms with Crippen LogP contribution >= 0.6 is 11.8 Å². The number of ether oxygens (including phenoxy) is 2. The molecule has 0 saturated carbocycles. The minimum Gasteiger partial charge on any atom is -0.454 e. The van der Waals surface area contributed by atoms with Gasteiger partial charge < -0.3 is 19.7 Å². The van der Waals surface area contributed by atoms with Crippen LogP contribution in [-0.2, 0) is 9.59 Å². The molecule has 1 aromatic carbocycles. The zero-order valence-electron chi connectivity index (χ0n) is 13.7. The molecule has 1 N–H and O–H groups in total. The fourth-order valence-corrected chi connectivity index (χ4v) is 3.34. The van der Waals surface area contributed by atoms with E-state index in [2.05, 4.69) is 5.32 Å². The molecule has 2 aliphatic rings. The lowest BCUT2D eigenvalue weighted by molar-refractivity contribution is -0.134. The Bertz CT molecular complexity index is 615. The molecule has 0 bridgehead atoms. The van der Waals surface area contributed by atoms with Crippen molar-refractivity contribution in [3.8, 4) is 11.5 Å². The lowest BCUT2D eigenvalue weighted by Gasteiger charge is -2.31. The van der Waals surface area contributed by atoms with Gasteiger partial charge in [0, 0.05) is 42.9 Å². The van der Waals surface area contributed by atoms with Gasteiger partial charge in [0.25, 0.3) is 0 Å². The first-order valence-corrected chi connectivity index (χ1v) is 9.54. The van der Waals surface area contributed by atoms with Crippen molar-refractivity contribution in [1.29, 1.82) is 0 Å². The number of nitrogens with one attached hydrogen (secondary N) is 1. The number of thioether (sulfide) groups is 1. The molecule has 1 fully saturated rings. The topological polar surface area (TPSA) is 67.9 Å². The molecule has 3 rings (SSSR count). The van der Waals surface area contributed by atoms with Gasteiger partial charge in [-0.2, -0.15) is 11.8 Å². The van der Waals surface area contributed by atoms with Crippen LogP contribution in [0.2, 0.25) is 0 Å². The van der Waals surface area contributed by atoms with Gasteiger partial charge in [-0.15, -0.1) is 0 Å². The van der Waals surface area contributed by atoms with Crippen LogP contribution in [0.5, 0.6) is 11.5 Å². The van der Waals surface area contributed by atoms with E-state index in [-0.39, 0.29) is 24.5 Å². The number of likely N-dealkylation sites (tertiary alicyclic amines) is 1. The standard InChI is InChI=1S/C17H22N2O4S/c1-24-9-6-16(20)19-7-4-12(5-8-19)17(21)18-13-2-3-14-15(10-13)23-11-22-14/h2-3,10,12H,4-9,11H2,1H3,(H,18,21). The van der Waals surface area contributed by atoms with Gasteiger partial charge in [-0.25, -0.2) is 0 Å². The Hall–Kier alpha value is -1.89. The quantitative estimate of drug-likeness (QED) is 0.883. The van der Waals surface area contributed by atoms with Crippen LogP contribution in [0.4, 0.5) is 5.69 Å². The number of hydrogen-bond acceptors (Lipinski definition) is 5. The SMILES string of the molecule is CSCCC(=O)N1CCC(C(=O)Nc2ccc3c(c2)OCO3)CC1. The normalized spacial score (nSPS) is 17.0. The zero-order valence-corrected chi connectivity index (χ0v) is 14.6. The molecular formula is C17H22N2O4S. The van der Waals surface area contributed by atoms with E-state index in [4.69, 9.17) is 9.47 Å². The predicted octanol–water partition coefficient (Wildman–Crippen LogP) is 2.35. The van der Waals surface area contributed by atoms with Crippen molar-refractivity contribution in [2.75, 3.05) is 37.2 Å². The third kappa shape index (κ3) is 3.95. The minimum absolute atomic E-state index is 0.00470. The number of hydrogen-bond donors (Lipinski definition) is 1. The number of nitrogens with zero attached hydrogens (tertiary/aromatic N) is 1. The van der Waals surface area contributed by atoms with Gasteiger partial charge in [0.05, 0.1) is 0 Å². The van der Waals surface area contributed by atoms with E-state index in [0.717, 1.165) is 5.75 Å². The summed E-state index contributed by atoms with van der Waals surface area (Å²) in [6.07, 6.45) is 4.00. The maximum atomic E-state index is 12.4. The van der Waals surface area contributed by atoms with Gasteiger partial charge >= 0.3 is 0 Å². The maximum absolute atomic E-state index is 12.4. The molecular weight excluding hydrogens is 328 g/mol. The van der Waals surface area contributed by atoms with Crippen LogP contribution < -0.4 is 14.8 Å². The average molecular weight is 350 g/mol. The molecule has 7 heteroatoms. The molecule has 0 spiro atoms. The molecule has 0 aliphatic carbocycles. The van der Waals surface area contributed by atoms with Crippen LogP contribution in [0.1, 0.15) is 19.3 Å². The molecule has 0 atom stereocenters. The monoisotopic (exact) mass is 350 g/mol. The highest BCUT2D eigenvalue weighted by molar-refractivity contribution is 7.98.